The number of sulfonamides is 1. The van der Waals surface area contributed by atoms with Gasteiger partial charge in [-0.3, -0.25) is 0 Å². The van der Waals surface area contributed by atoms with Gasteiger partial charge in [-0.05, 0) is 91.9 Å². The fourth-order valence-corrected chi connectivity index (χ4v) is 9.36. The van der Waals surface area contributed by atoms with Gasteiger partial charge in [-0.15, -0.1) is 0 Å². The minimum Gasteiger partial charge on any atom is -0.369 e. The number of anilines is 1. The lowest BCUT2D eigenvalue weighted by atomic mass is 9.49. The van der Waals surface area contributed by atoms with Gasteiger partial charge in [0.1, 0.15) is 12.1 Å². The molecule has 4 saturated carbocycles. The average molecular weight is 589 g/mol. The molecule has 0 amide bonds. The Morgan fingerprint density at radius 3 is 2.02 bits per heavy atom. The molecule has 1 aromatic carbocycles. The van der Waals surface area contributed by atoms with Crippen LogP contribution < -0.4 is 5.32 Å². The molecule has 1 aromatic heterocycles. The van der Waals surface area contributed by atoms with E-state index < -0.39 is 44.8 Å². The molecule has 2 heterocycles. The second-order valence-electron chi connectivity index (χ2n) is 12.2. The molecule has 4 fully saturated rings. The normalized spacial score (nSPS) is 28.5. The van der Waals surface area contributed by atoms with Crippen molar-refractivity contribution in [2.24, 2.45) is 23.2 Å². The summed E-state index contributed by atoms with van der Waals surface area (Å²) in [4.78, 5) is 8.69. The van der Waals surface area contributed by atoms with Crippen LogP contribution in [-0.4, -0.2) is 35.8 Å². The molecule has 13 heteroatoms. The molecule has 0 saturated heterocycles. The van der Waals surface area contributed by atoms with Gasteiger partial charge in [0.2, 0.25) is 10.0 Å². The number of nitrogens with zero attached hydrogens (tertiary/aromatic N) is 3. The molecule has 218 valence electrons. The topological polar surface area (TPSA) is 75.2 Å². The van der Waals surface area contributed by atoms with Crippen LogP contribution in [0.25, 0.3) is 0 Å². The summed E-state index contributed by atoms with van der Waals surface area (Å²) >= 11 is 0. The summed E-state index contributed by atoms with van der Waals surface area (Å²) in [5.74, 6) is 2.09. The van der Waals surface area contributed by atoms with Crippen molar-refractivity contribution in [3.63, 3.8) is 0 Å². The lowest BCUT2D eigenvalue weighted by Crippen LogP contribution is -2.49. The average Bonchev–Trinajstić information content (AvgIpc) is 2.85. The Balaban J connectivity index is 1.18. The van der Waals surface area contributed by atoms with Crippen LogP contribution in [-0.2, 0) is 41.1 Å². The van der Waals surface area contributed by atoms with Gasteiger partial charge in [0.15, 0.2) is 0 Å². The summed E-state index contributed by atoms with van der Waals surface area (Å²) in [6, 6.07) is 0.904. The van der Waals surface area contributed by atoms with Gasteiger partial charge in [-0.2, -0.15) is 30.6 Å². The molecular formula is C27H30F6N4O2S. The van der Waals surface area contributed by atoms with Crippen molar-refractivity contribution in [1.29, 1.82) is 0 Å². The van der Waals surface area contributed by atoms with Gasteiger partial charge in [0, 0.05) is 18.7 Å². The predicted molar refractivity (Wildman–Crippen MR) is 134 cm³/mol. The first-order valence-corrected chi connectivity index (χ1v) is 15.1. The summed E-state index contributed by atoms with van der Waals surface area (Å²) in [5.41, 5.74) is -2.11. The number of rotatable bonds is 6. The number of hydrogen-bond donors (Lipinski definition) is 1. The lowest BCUT2D eigenvalue weighted by molar-refractivity contribution is -0.143. The number of fused-ring (bicyclic) bond motifs is 1. The standard InChI is InChI=1S/C27H30F6N4O2S/c28-26(29,30)20-6-19(7-21(8-20)27(31,32)33)13-40(38,39)37-2-1-22-23(12-37)35-15-36-24(22)34-14-25-9-16-3-17(10-25)5-18(4-16)11-25/h6-8,15-18H,1-5,9-14H2,(H,34,35,36). The van der Waals surface area contributed by atoms with E-state index in [-0.39, 0.29) is 31.0 Å². The minimum atomic E-state index is -5.06. The van der Waals surface area contributed by atoms with Gasteiger partial charge in [-0.1, -0.05) is 0 Å². The molecule has 4 aliphatic carbocycles. The van der Waals surface area contributed by atoms with E-state index in [4.69, 9.17) is 0 Å². The van der Waals surface area contributed by atoms with Gasteiger partial charge in [-0.25, -0.2) is 18.4 Å². The van der Waals surface area contributed by atoms with Crippen LogP contribution in [0.4, 0.5) is 32.2 Å². The van der Waals surface area contributed by atoms with Crippen LogP contribution >= 0.6 is 0 Å². The molecule has 0 atom stereocenters. The molecule has 1 aliphatic heterocycles. The van der Waals surface area contributed by atoms with E-state index in [2.05, 4.69) is 15.3 Å². The smallest absolute Gasteiger partial charge is 0.369 e. The van der Waals surface area contributed by atoms with E-state index in [9.17, 15) is 34.8 Å². The molecule has 7 rings (SSSR count). The maximum Gasteiger partial charge on any atom is 0.416 e. The quantitative estimate of drug-likeness (QED) is 0.417. The first-order chi connectivity index (χ1) is 18.7. The monoisotopic (exact) mass is 588 g/mol. The first-order valence-electron chi connectivity index (χ1n) is 13.5. The Hall–Kier alpha value is -2.41. The summed E-state index contributed by atoms with van der Waals surface area (Å²) in [5, 5.41) is 3.53. The Morgan fingerprint density at radius 2 is 1.48 bits per heavy atom. The van der Waals surface area contributed by atoms with Crippen molar-refractivity contribution in [3.8, 4) is 0 Å². The fourth-order valence-electron chi connectivity index (χ4n) is 7.90. The SMILES string of the molecule is O=S(=O)(Cc1cc(C(F)(F)F)cc(C(F)(F)F)c1)N1CCc2c(ncnc2NCC23CC4CC(CC(C4)C2)C3)C1. The molecule has 40 heavy (non-hydrogen) atoms. The predicted octanol–water partition coefficient (Wildman–Crippen LogP) is 6.03. The Labute approximate surface area is 228 Å². The van der Waals surface area contributed by atoms with Crippen molar-refractivity contribution < 1.29 is 34.8 Å². The number of halogens is 6. The van der Waals surface area contributed by atoms with E-state index in [0.29, 0.717) is 23.6 Å². The molecule has 5 aliphatic rings. The molecule has 6 nitrogen and oxygen atoms in total. The van der Waals surface area contributed by atoms with Gasteiger partial charge in [0.05, 0.1) is 29.1 Å². The third-order valence-electron chi connectivity index (χ3n) is 9.16. The van der Waals surface area contributed by atoms with Crippen LogP contribution in [0.5, 0.6) is 0 Å². The van der Waals surface area contributed by atoms with Gasteiger partial charge in [0.25, 0.3) is 0 Å². The van der Waals surface area contributed by atoms with Gasteiger partial charge < -0.3 is 5.32 Å². The Morgan fingerprint density at radius 1 is 0.900 bits per heavy atom. The Bertz CT molecular complexity index is 1340. The first kappa shape index (κ1) is 27.7. The summed E-state index contributed by atoms with van der Waals surface area (Å²) in [6.45, 7) is 0.705. The van der Waals surface area contributed by atoms with Crippen molar-refractivity contribution >= 4 is 15.8 Å². The number of benzene rings is 1. The van der Waals surface area contributed by atoms with E-state index in [0.717, 1.165) is 34.2 Å². The van der Waals surface area contributed by atoms with E-state index in [1.807, 2.05) is 0 Å². The molecule has 1 N–H and O–H groups in total. The summed E-state index contributed by atoms with van der Waals surface area (Å²) in [6.07, 6.45) is -0.793. The molecular weight excluding hydrogens is 558 g/mol. The minimum absolute atomic E-state index is 0.0118. The van der Waals surface area contributed by atoms with Crippen LogP contribution in [0.3, 0.4) is 0 Å². The van der Waals surface area contributed by atoms with Crippen LogP contribution in [0, 0.1) is 23.2 Å². The Kier molecular flexibility index (Phi) is 6.64. The van der Waals surface area contributed by atoms with E-state index >= 15 is 0 Å². The summed E-state index contributed by atoms with van der Waals surface area (Å²) < 4.78 is 107. The van der Waals surface area contributed by atoms with Gasteiger partial charge >= 0.3 is 12.4 Å². The molecule has 0 radical (unpaired) electrons. The highest BCUT2D eigenvalue weighted by Crippen LogP contribution is 2.60. The second kappa shape index (κ2) is 9.57. The third kappa shape index (κ3) is 5.43. The number of nitrogens with one attached hydrogen (secondary N) is 1. The molecule has 0 spiro atoms. The zero-order valence-corrected chi connectivity index (χ0v) is 22.5. The maximum absolute atomic E-state index is 13.3. The largest absolute Gasteiger partial charge is 0.416 e. The number of aromatic nitrogens is 2. The summed E-state index contributed by atoms with van der Waals surface area (Å²) in [7, 11) is -4.24. The van der Waals surface area contributed by atoms with E-state index in [1.165, 1.54) is 44.9 Å². The second-order valence-corrected chi connectivity index (χ2v) is 14.1. The zero-order valence-electron chi connectivity index (χ0n) is 21.7. The molecule has 0 unspecified atom stereocenters. The van der Waals surface area contributed by atoms with E-state index in [1.54, 1.807) is 0 Å². The number of alkyl halides is 6. The maximum atomic E-state index is 13.3. The third-order valence-corrected chi connectivity index (χ3v) is 11.0. The highest BCUT2D eigenvalue weighted by Gasteiger charge is 2.50. The van der Waals surface area contributed by atoms with Crippen molar-refractivity contribution in [2.45, 2.75) is 69.6 Å². The highest BCUT2D eigenvalue weighted by atomic mass is 32.2. The van der Waals surface area contributed by atoms with Crippen LogP contribution in [0.15, 0.2) is 24.5 Å². The van der Waals surface area contributed by atoms with Crippen molar-refractivity contribution in [2.75, 3.05) is 18.4 Å². The lowest BCUT2D eigenvalue weighted by Gasteiger charge is -2.57. The van der Waals surface area contributed by atoms with Crippen LogP contribution in [0.2, 0.25) is 0 Å². The zero-order chi connectivity index (χ0) is 28.5. The van der Waals surface area contributed by atoms with Crippen LogP contribution in [0.1, 0.15) is 66.5 Å². The molecule has 4 bridgehead atoms. The fraction of sp³-hybridized carbons (Fsp3) is 0.630. The molecule has 2 aromatic rings. The van der Waals surface area contributed by atoms with Crippen molar-refractivity contribution in [1.82, 2.24) is 14.3 Å². The van der Waals surface area contributed by atoms with Crippen molar-refractivity contribution in [3.05, 3.63) is 52.5 Å². The highest BCUT2D eigenvalue weighted by molar-refractivity contribution is 7.88. The number of hydrogen-bond acceptors (Lipinski definition) is 5.